The lowest BCUT2D eigenvalue weighted by atomic mass is 10.2. The summed E-state index contributed by atoms with van der Waals surface area (Å²) in [7, 11) is 0. The molecule has 0 aromatic heterocycles. The van der Waals surface area contributed by atoms with E-state index in [2.05, 4.69) is 5.32 Å². The number of nitrogens with zero attached hydrogens (tertiary/aromatic N) is 1. The molecule has 0 bridgehead atoms. The van der Waals surface area contributed by atoms with E-state index in [1.54, 1.807) is 36.4 Å². The Bertz CT molecular complexity index is 837. The van der Waals surface area contributed by atoms with Crippen molar-refractivity contribution in [2.24, 2.45) is 0 Å². The summed E-state index contributed by atoms with van der Waals surface area (Å²) >= 11 is 13.0. The minimum absolute atomic E-state index is 0.00272. The summed E-state index contributed by atoms with van der Waals surface area (Å²) in [5.41, 5.74) is 0.879. The van der Waals surface area contributed by atoms with Crippen molar-refractivity contribution in [2.75, 3.05) is 17.7 Å². The van der Waals surface area contributed by atoms with Crippen molar-refractivity contribution in [3.05, 3.63) is 58.1 Å². The third kappa shape index (κ3) is 6.31. The third-order valence-corrected chi connectivity index (χ3v) is 4.58. The molecule has 25 heavy (non-hydrogen) atoms. The lowest BCUT2D eigenvalue weighted by Crippen LogP contribution is -2.21. The van der Waals surface area contributed by atoms with Gasteiger partial charge in [0.05, 0.1) is 22.4 Å². The maximum atomic E-state index is 11.8. The van der Waals surface area contributed by atoms with E-state index in [4.69, 9.17) is 33.2 Å². The zero-order valence-electron chi connectivity index (χ0n) is 12.8. The van der Waals surface area contributed by atoms with Crippen LogP contribution in [0.3, 0.4) is 0 Å². The van der Waals surface area contributed by atoms with Gasteiger partial charge in [-0.1, -0.05) is 29.3 Å². The average Bonchev–Trinajstić information content (AvgIpc) is 2.61. The quantitative estimate of drug-likeness (QED) is 0.588. The maximum absolute atomic E-state index is 11.8. The van der Waals surface area contributed by atoms with Gasteiger partial charge in [0.1, 0.15) is 0 Å². The largest absolute Gasteiger partial charge is 0.455 e. The fourth-order valence-corrected chi connectivity index (χ4v) is 3.07. The van der Waals surface area contributed by atoms with Crippen molar-refractivity contribution in [3.8, 4) is 6.07 Å². The van der Waals surface area contributed by atoms with Crippen LogP contribution in [0.25, 0.3) is 0 Å². The van der Waals surface area contributed by atoms with Crippen LogP contribution in [0.5, 0.6) is 0 Å². The van der Waals surface area contributed by atoms with E-state index in [0.717, 1.165) is 0 Å². The first-order valence-corrected chi connectivity index (χ1v) is 8.75. The number of halogens is 2. The maximum Gasteiger partial charge on any atom is 0.316 e. The molecule has 0 aliphatic carbocycles. The number of hydrogen-bond acceptors (Lipinski definition) is 5. The van der Waals surface area contributed by atoms with Crippen LogP contribution in [0.2, 0.25) is 10.0 Å². The molecule has 0 fully saturated rings. The van der Waals surface area contributed by atoms with Crippen LogP contribution in [-0.4, -0.2) is 24.2 Å². The molecule has 0 heterocycles. The number of hydrogen-bond donors (Lipinski definition) is 1. The number of nitrogens with one attached hydrogen (secondary N) is 1. The van der Waals surface area contributed by atoms with Crippen molar-refractivity contribution >= 4 is 52.5 Å². The molecule has 2 aromatic rings. The summed E-state index contributed by atoms with van der Waals surface area (Å²) in [5, 5.41) is 12.4. The molecule has 0 saturated carbocycles. The van der Waals surface area contributed by atoms with Gasteiger partial charge in [-0.15, -0.1) is 11.8 Å². The van der Waals surface area contributed by atoms with Crippen molar-refractivity contribution in [2.45, 2.75) is 4.90 Å². The fraction of sp³-hybridized carbons (Fsp3) is 0.118. The normalized spacial score (nSPS) is 9.96. The molecule has 2 aromatic carbocycles. The van der Waals surface area contributed by atoms with Crippen LogP contribution in [0, 0.1) is 11.3 Å². The molecular formula is C17H12Cl2N2O3S. The number of ether oxygens (including phenoxy) is 1. The van der Waals surface area contributed by atoms with Crippen LogP contribution in [0.4, 0.5) is 5.69 Å². The second-order valence-corrected chi connectivity index (χ2v) is 6.63. The van der Waals surface area contributed by atoms with E-state index in [9.17, 15) is 9.59 Å². The molecule has 1 N–H and O–H groups in total. The molecule has 0 aliphatic heterocycles. The van der Waals surface area contributed by atoms with E-state index < -0.39 is 18.5 Å². The summed E-state index contributed by atoms with van der Waals surface area (Å²) in [6.07, 6.45) is 0. The van der Waals surface area contributed by atoms with Crippen molar-refractivity contribution in [1.82, 2.24) is 0 Å². The summed E-state index contributed by atoms with van der Waals surface area (Å²) in [4.78, 5) is 24.2. The van der Waals surface area contributed by atoms with Crippen molar-refractivity contribution in [1.29, 1.82) is 5.26 Å². The summed E-state index contributed by atoms with van der Waals surface area (Å²) < 4.78 is 4.91. The van der Waals surface area contributed by atoms with Crippen molar-refractivity contribution in [3.63, 3.8) is 0 Å². The molecule has 2 rings (SSSR count). The second kappa shape index (κ2) is 9.33. The molecule has 8 heteroatoms. The van der Waals surface area contributed by atoms with Gasteiger partial charge in [-0.3, -0.25) is 9.59 Å². The van der Waals surface area contributed by atoms with E-state index in [-0.39, 0.29) is 5.75 Å². The van der Waals surface area contributed by atoms with Gasteiger partial charge < -0.3 is 10.1 Å². The first-order chi connectivity index (χ1) is 12.0. The molecule has 5 nitrogen and oxygen atoms in total. The summed E-state index contributed by atoms with van der Waals surface area (Å²) in [6, 6.07) is 13.3. The lowest BCUT2D eigenvalue weighted by molar-refractivity contribution is -0.144. The van der Waals surface area contributed by atoms with E-state index >= 15 is 0 Å². The Labute approximate surface area is 158 Å². The van der Waals surface area contributed by atoms with Crippen LogP contribution >= 0.6 is 35.0 Å². The predicted molar refractivity (Wildman–Crippen MR) is 97.9 cm³/mol. The molecule has 0 saturated heterocycles. The Morgan fingerprint density at radius 2 is 2.00 bits per heavy atom. The number of thioether (sulfide) groups is 1. The van der Waals surface area contributed by atoms with Gasteiger partial charge in [0.2, 0.25) is 0 Å². The summed E-state index contributed by atoms with van der Waals surface area (Å²) in [5.74, 6) is -1.05. The average molecular weight is 395 g/mol. The SMILES string of the molecule is N#Cc1cccc(NC(=O)COC(=O)CSc2cc(Cl)ccc2Cl)c1. The number of benzene rings is 2. The number of esters is 1. The smallest absolute Gasteiger partial charge is 0.316 e. The molecule has 128 valence electrons. The molecule has 0 unspecified atom stereocenters. The van der Waals surface area contributed by atoms with Gasteiger partial charge in [0, 0.05) is 15.6 Å². The third-order valence-electron chi connectivity index (χ3n) is 2.88. The Morgan fingerprint density at radius 1 is 1.20 bits per heavy atom. The Balaban J connectivity index is 1.78. The monoisotopic (exact) mass is 394 g/mol. The van der Waals surface area contributed by atoms with Gasteiger partial charge in [-0.2, -0.15) is 5.26 Å². The van der Waals surface area contributed by atoms with Gasteiger partial charge in [0.15, 0.2) is 6.61 Å². The highest BCUT2D eigenvalue weighted by Gasteiger charge is 2.10. The first-order valence-electron chi connectivity index (χ1n) is 7.01. The Kier molecular flexibility index (Phi) is 7.14. The van der Waals surface area contributed by atoms with Crippen molar-refractivity contribution < 1.29 is 14.3 Å². The Morgan fingerprint density at radius 3 is 2.76 bits per heavy atom. The minimum atomic E-state index is -0.554. The van der Waals surface area contributed by atoms with Gasteiger partial charge in [0.25, 0.3) is 5.91 Å². The molecular weight excluding hydrogens is 383 g/mol. The number of amides is 1. The molecule has 0 radical (unpaired) electrons. The Hall–Kier alpha value is -2.20. The number of carbonyl (C=O) groups is 2. The number of nitriles is 1. The molecule has 0 spiro atoms. The molecule has 1 amide bonds. The van der Waals surface area contributed by atoms with E-state index in [1.165, 1.54) is 17.8 Å². The standard InChI is InChI=1S/C17H12Cl2N2O3S/c18-12-4-5-14(19)15(7-12)25-10-17(23)24-9-16(22)21-13-3-1-2-11(6-13)8-20/h1-7H,9-10H2,(H,21,22). The van der Waals surface area contributed by atoms with Crippen LogP contribution < -0.4 is 5.32 Å². The van der Waals surface area contributed by atoms with Crippen LogP contribution in [0.15, 0.2) is 47.4 Å². The van der Waals surface area contributed by atoms with Crippen LogP contribution in [-0.2, 0) is 14.3 Å². The zero-order valence-corrected chi connectivity index (χ0v) is 15.1. The predicted octanol–water partition coefficient (Wildman–Crippen LogP) is 4.14. The molecule has 0 atom stereocenters. The lowest BCUT2D eigenvalue weighted by Gasteiger charge is -2.07. The van der Waals surface area contributed by atoms with E-state index in [0.29, 0.717) is 26.2 Å². The fourth-order valence-electron chi connectivity index (χ4n) is 1.78. The number of anilines is 1. The number of rotatable bonds is 6. The van der Waals surface area contributed by atoms with E-state index in [1.807, 2.05) is 6.07 Å². The second-order valence-electron chi connectivity index (χ2n) is 4.76. The summed E-state index contributed by atoms with van der Waals surface area (Å²) in [6.45, 7) is -0.417. The molecule has 0 aliphatic rings. The van der Waals surface area contributed by atoms with Gasteiger partial charge in [-0.05, 0) is 36.4 Å². The zero-order chi connectivity index (χ0) is 18.2. The highest BCUT2D eigenvalue weighted by atomic mass is 35.5. The van der Waals surface area contributed by atoms with Crippen LogP contribution in [0.1, 0.15) is 5.56 Å². The van der Waals surface area contributed by atoms with Gasteiger partial charge >= 0.3 is 5.97 Å². The number of carbonyl (C=O) groups excluding carboxylic acids is 2. The minimum Gasteiger partial charge on any atom is -0.455 e. The van der Waals surface area contributed by atoms with Gasteiger partial charge in [-0.25, -0.2) is 0 Å². The topological polar surface area (TPSA) is 79.2 Å². The highest BCUT2D eigenvalue weighted by molar-refractivity contribution is 8.00. The highest BCUT2D eigenvalue weighted by Crippen LogP contribution is 2.29. The first kappa shape index (κ1) is 19.1.